The number of ether oxygens (including phenoxy) is 5. The Morgan fingerprint density at radius 1 is 0.634 bits per heavy atom. The van der Waals surface area contributed by atoms with Crippen molar-refractivity contribution in [2.24, 2.45) is 0 Å². The highest BCUT2D eigenvalue weighted by molar-refractivity contribution is 5.28. The fraction of sp³-hybridized carbons (Fsp3) is 0.714. The van der Waals surface area contributed by atoms with Crippen molar-refractivity contribution in [3.05, 3.63) is 58.9 Å². The van der Waals surface area contributed by atoms with Crippen molar-refractivity contribution < 1.29 is 23.7 Å². The highest BCUT2D eigenvalue weighted by atomic mass is 16.6. The Morgan fingerprint density at radius 2 is 1.20 bits per heavy atom. The summed E-state index contributed by atoms with van der Waals surface area (Å²) in [5, 5.41) is 0. The quantitative estimate of drug-likeness (QED) is 0.154. The lowest BCUT2D eigenvalue weighted by Gasteiger charge is -2.46. The van der Waals surface area contributed by atoms with Crippen LogP contribution >= 0.6 is 0 Å². The molecular formula is C35H57NO5. The third kappa shape index (κ3) is 10.8. The zero-order valence-electron chi connectivity index (χ0n) is 26.5. The molecule has 1 aromatic carbocycles. The van der Waals surface area contributed by atoms with Gasteiger partial charge in [-0.05, 0) is 55.4 Å². The van der Waals surface area contributed by atoms with E-state index in [0.717, 1.165) is 76.5 Å². The summed E-state index contributed by atoms with van der Waals surface area (Å²) < 4.78 is 32.8. The number of nitrogens with one attached hydrogen (secondary N) is 1. The van der Waals surface area contributed by atoms with E-state index in [1.165, 1.54) is 16.8 Å². The Balaban J connectivity index is 1.88. The van der Waals surface area contributed by atoms with Crippen molar-refractivity contribution in [1.29, 1.82) is 0 Å². The Labute approximate surface area is 249 Å². The van der Waals surface area contributed by atoms with E-state index in [4.69, 9.17) is 23.7 Å². The second-order valence-corrected chi connectivity index (χ2v) is 11.4. The van der Waals surface area contributed by atoms with Gasteiger partial charge in [-0.2, -0.15) is 0 Å². The van der Waals surface area contributed by atoms with Gasteiger partial charge in [0.2, 0.25) is 0 Å². The van der Waals surface area contributed by atoms with Crippen LogP contribution in [0.25, 0.3) is 0 Å². The number of aromatic nitrogens is 1. The lowest BCUT2D eigenvalue weighted by atomic mass is 9.92. The van der Waals surface area contributed by atoms with E-state index in [0.29, 0.717) is 26.4 Å². The summed E-state index contributed by atoms with van der Waals surface area (Å²) in [4.78, 5) is 3.69. The van der Waals surface area contributed by atoms with Crippen LogP contribution in [-0.2, 0) is 36.5 Å². The van der Waals surface area contributed by atoms with Crippen molar-refractivity contribution in [3.8, 4) is 0 Å². The van der Waals surface area contributed by atoms with Gasteiger partial charge in [0.1, 0.15) is 30.5 Å². The third-order valence-corrected chi connectivity index (χ3v) is 7.88. The van der Waals surface area contributed by atoms with Gasteiger partial charge >= 0.3 is 0 Å². The maximum absolute atomic E-state index is 6.88. The van der Waals surface area contributed by atoms with Crippen molar-refractivity contribution in [3.63, 3.8) is 0 Å². The molecule has 1 fully saturated rings. The van der Waals surface area contributed by atoms with Crippen LogP contribution in [0.15, 0.2) is 36.4 Å². The summed E-state index contributed by atoms with van der Waals surface area (Å²) >= 11 is 0. The maximum Gasteiger partial charge on any atom is 0.127 e. The molecule has 3 rings (SSSR count). The summed E-state index contributed by atoms with van der Waals surface area (Å²) in [5.74, 6) is 0. The standard InChI is InChI=1S/C35H57NO5/c1-6-11-21-37-26-31-33(38-22-12-7-2)35(40-24-14-9-4)34(39-23-13-8-3)32(41-31)30-20-19-29(36-30)25-28-17-15-27(10-5)16-18-28/h15-20,31-36H,6-14,21-26H2,1-5H3/t31-,32+,33-,34+,35+/m1/s1. The van der Waals surface area contributed by atoms with Crippen LogP contribution in [0, 0.1) is 0 Å². The number of rotatable bonds is 21. The van der Waals surface area contributed by atoms with E-state index in [1.54, 1.807) is 0 Å². The van der Waals surface area contributed by atoms with Crippen LogP contribution in [0.5, 0.6) is 0 Å². The molecule has 0 aliphatic carbocycles. The van der Waals surface area contributed by atoms with Crippen LogP contribution in [0.3, 0.4) is 0 Å². The van der Waals surface area contributed by atoms with E-state index >= 15 is 0 Å². The maximum atomic E-state index is 6.88. The largest absolute Gasteiger partial charge is 0.379 e. The Hall–Kier alpha value is -1.70. The topological polar surface area (TPSA) is 61.9 Å². The smallest absolute Gasteiger partial charge is 0.127 e. The molecule has 6 nitrogen and oxygen atoms in total. The molecule has 2 aromatic rings. The molecule has 0 radical (unpaired) electrons. The molecule has 6 heteroatoms. The first-order valence-electron chi connectivity index (χ1n) is 16.5. The molecule has 0 saturated carbocycles. The van der Waals surface area contributed by atoms with Gasteiger partial charge in [0.25, 0.3) is 0 Å². The van der Waals surface area contributed by atoms with Gasteiger partial charge in [-0.3, -0.25) is 0 Å². The van der Waals surface area contributed by atoms with Gasteiger partial charge in [0.15, 0.2) is 0 Å². The number of aryl methyl sites for hydroxylation is 1. The molecular weight excluding hydrogens is 514 g/mol. The van der Waals surface area contributed by atoms with Crippen molar-refractivity contribution >= 4 is 0 Å². The molecule has 0 spiro atoms. The van der Waals surface area contributed by atoms with Gasteiger partial charge in [-0.1, -0.05) is 84.6 Å². The fourth-order valence-electron chi connectivity index (χ4n) is 5.25. The number of benzene rings is 1. The number of H-pyrrole nitrogens is 1. The number of hydrogen-bond acceptors (Lipinski definition) is 5. The van der Waals surface area contributed by atoms with Crippen LogP contribution in [-0.4, -0.2) is 62.4 Å². The first-order chi connectivity index (χ1) is 20.1. The minimum absolute atomic E-state index is 0.234. The first kappa shape index (κ1) is 33.8. The summed E-state index contributed by atoms with van der Waals surface area (Å²) in [7, 11) is 0. The SMILES string of the molecule is CCCCOC[C@H]1O[C@@H](c2ccc(Cc3ccc(CC)cc3)[nH]2)[C@H](OCCCC)[C@@H](OCCCC)[C@@H]1OCCCC. The predicted molar refractivity (Wildman–Crippen MR) is 167 cm³/mol. The fourth-order valence-corrected chi connectivity index (χ4v) is 5.25. The lowest BCUT2D eigenvalue weighted by molar-refractivity contribution is -0.269. The molecule has 0 amide bonds. The summed E-state index contributed by atoms with van der Waals surface area (Å²) in [6, 6.07) is 13.2. The molecule has 0 bridgehead atoms. The highest BCUT2D eigenvalue weighted by Gasteiger charge is 2.49. The molecule has 1 saturated heterocycles. The second kappa shape index (κ2) is 19.5. The zero-order valence-corrected chi connectivity index (χ0v) is 26.5. The Kier molecular flexibility index (Phi) is 16.1. The first-order valence-corrected chi connectivity index (χ1v) is 16.5. The van der Waals surface area contributed by atoms with Gasteiger partial charge in [-0.15, -0.1) is 0 Å². The molecule has 0 unspecified atom stereocenters. The van der Waals surface area contributed by atoms with E-state index in [1.807, 2.05) is 0 Å². The minimum Gasteiger partial charge on any atom is -0.379 e. The Morgan fingerprint density at radius 3 is 1.80 bits per heavy atom. The average Bonchev–Trinajstić information content (AvgIpc) is 3.45. The van der Waals surface area contributed by atoms with E-state index < -0.39 is 0 Å². The van der Waals surface area contributed by atoms with Crippen molar-refractivity contribution in [1.82, 2.24) is 4.98 Å². The summed E-state index contributed by atoms with van der Waals surface area (Å²) in [6.07, 6.45) is 9.02. The normalized spacial score (nSPS) is 22.8. The summed E-state index contributed by atoms with van der Waals surface area (Å²) in [6.45, 7) is 14.2. The van der Waals surface area contributed by atoms with Gasteiger partial charge in [-0.25, -0.2) is 0 Å². The van der Waals surface area contributed by atoms with Gasteiger partial charge in [0, 0.05) is 44.2 Å². The third-order valence-electron chi connectivity index (χ3n) is 7.88. The molecule has 2 heterocycles. The predicted octanol–water partition coefficient (Wildman–Crippen LogP) is 7.98. The molecule has 232 valence electrons. The molecule has 1 aromatic heterocycles. The van der Waals surface area contributed by atoms with E-state index in [2.05, 4.69) is 76.0 Å². The number of aromatic amines is 1. The molecule has 1 N–H and O–H groups in total. The molecule has 5 atom stereocenters. The van der Waals surface area contributed by atoms with Crippen molar-refractivity contribution in [2.75, 3.05) is 33.0 Å². The average molecular weight is 572 g/mol. The zero-order chi connectivity index (χ0) is 29.3. The van der Waals surface area contributed by atoms with Crippen LogP contribution < -0.4 is 0 Å². The van der Waals surface area contributed by atoms with Crippen LogP contribution in [0.2, 0.25) is 0 Å². The molecule has 1 aliphatic rings. The molecule has 1 aliphatic heterocycles. The second-order valence-electron chi connectivity index (χ2n) is 11.4. The lowest BCUT2D eigenvalue weighted by Crippen LogP contribution is -2.58. The number of hydrogen-bond donors (Lipinski definition) is 1. The number of unbranched alkanes of at least 4 members (excludes halogenated alkanes) is 4. The van der Waals surface area contributed by atoms with Gasteiger partial charge in [0.05, 0.1) is 6.61 Å². The van der Waals surface area contributed by atoms with E-state index in [-0.39, 0.29) is 30.5 Å². The minimum atomic E-state index is -0.291. The Bertz CT molecular complexity index is 929. The van der Waals surface area contributed by atoms with E-state index in [9.17, 15) is 0 Å². The van der Waals surface area contributed by atoms with Gasteiger partial charge < -0.3 is 28.7 Å². The van der Waals surface area contributed by atoms with Crippen molar-refractivity contribution in [2.45, 2.75) is 129 Å². The van der Waals surface area contributed by atoms with Crippen LogP contribution in [0.1, 0.15) is 115 Å². The van der Waals surface area contributed by atoms with Crippen LogP contribution in [0.4, 0.5) is 0 Å². The molecule has 41 heavy (non-hydrogen) atoms. The monoisotopic (exact) mass is 571 g/mol. The highest BCUT2D eigenvalue weighted by Crippen LogP contribution is 2.37. The summed E-state index contributed by atoms with van der Waals surface area (Å²) in [5.41, 5.74) is 4.85.